The lowest BCUT2D eigenvalue weighted by Crippen LogP contribution is -2.52. The number of hydrogen-bond donors (Lipinski definition) is 1. The molecule has 0 amide bonds. The summed E-state index contributed by atoms with van der Waals surface area (Å²) in [5.41, 5.74) is -0.827. The topological polar surface area (TPSA) is 64.6 Å². The normalized spacial score (nSPS) is 22.8. The number of esters is 1. The highest BCUT2D eigenvalue weighted by Crippen LogP contribution is 2.44. The van der Waals surface area contributed by atoms with Crippen molar-refractivity contribution < 1.29 is 18.6 Å². The summed E-state index contributed by atoms with van der Waals surface area (Å²) < 4.78 is 22.2. The molecule has 1 unspecified atom stereocenters. The molecule has 0 spiro atoms. The summed E-state index contributed by atoms with van der Waals surface area (Å²) in [5, 5.41) is 2.92. The third kappa shape index (κ3) is 3.80. The summed E-state index contributed by atoms with van der Waals surface area (Å²) in [6.07, 6.45) is 4.29. The lowest BCUT2D eigenvalue weighted by molar-refractivity contribution is -0.149. The third-order valence-corrected chi connectivity index (χ3v) is 4.66. The van der Waals surface area contributed by atoms with E-state index in [0.717, 1.165) is 19.3 Å². The Hall–Kier alpha value is -0.380. The zero-order valence-electron chi connectivity index (χ0n) is 10.8. The standard InChI is InChI=1S/C11H22NO4P/c1-4-16-17(3,14)12-11(10(13)15-2)8-6-5-7-9-11/h4-9H2,1-3H3,(H,12,14). The van der Waals surface area contributed by atoms with Gasteiger partial charge in [0.05, 0.1) is 13.7 Å². The molecular weight excluding hydrogens is 241 g/mol. The van der Waals surface area contributed by atoms with Gasteiger partial charge in [0.15, 0.2) is 0 Å². The zero-order valence-corrected chi connectivity index (χ0v) is 11.7. The van der Waals surface area contributed by atoms with Gasteiger partial charge in [-0.1, -0.05) is 19.3 Å². The lowest BCUT2D eigenvalue weighted by atomic mass is 9.83. The number of ether oxygens (including phenoxy) is 1. The molecule has 1 aliphatic carbocycles. The van der Waals surface area contributed by atoms with Gasteiger partial charge >= 0.3 is 5.97 Å². The van der Waals surface area contributed by atoms with E-state index in [-0.39, 0.29) is 5.97 Å². The second kappa shape index (κ2) is 5.98. The molecule has 0 aliphatic heterocycles. The highest BCUT2D eigenvalue weighted by Gasteiger charge is 2.44. The Morgan fingerprint density at radius 1 is 1.35 bits per heavy atom. The van der Waals surface area contributed by atoms with Gasteiger partial charge in [-0.3, -0.25) is 9.36 Å². The van der Waals surface area contributed by atoms with Crippen molar-refractivity contribution >= 4 is 13.5 Å². The molecule has 17 heavy (non-hydrogen) atoms. The van der Waals surface area contributed by atoms with E-state index >= 15 is 0 Å². The quantitative estimate of drug-likeness (QED) is 0.609. The number of carbonyl (C=O) groups is 1. The summed E-state index contributed by atoms with van der Waals surface area (Å²) in [5.74, 6) is -0.334. The molecule has 1 N–H and O–H groups in total. The number of nitrogens with one attached hydrogen (secondary N) is 1. The molecule has 0 aromatic carbocycles. The Kier molecular flexibility index (Phi) is 5.17. The Bertz CT molecular complexity index is 313. The molecule has 0 heterocycles. The van der Waals surface area contributed by atoms with Crippen LogP contribution in [-0.2, 0) is 18.6 Å². The molecule has 0 aromatic rings. The fourth-order valence-corrected chi connectivity index (χ4v) is 4.03. The average Bonchev–Trinajstić information content (AvgIpc) is 2.28. The number of carbonyl (C=O) groups excluding carboxylic acids is 1. The molecule has 0 radical (unpaired) electrons. The minimum atomic E-state index is -2.94. The Morgan fingerprint density at radius 2 is 1.94 bits per heavy atom. The van der Waals surface area contributed by atoms with Crippen LogP contribution < -0.4 is 5.09 Å². The van der Waals surface area contributed by atoms with Crippen LogP contribution >= 0.6 is 7.52 Å². The smallest absolute Gasteiger partial charge is 0.326 e. The fraction of sp³-hybridized carbons (Fsp3) is 0.909. The van der Waals surface area contributed by atoms with E-state index in [1.807, 2.05) is 0 Å². The maximum absolute atomic E-state index is 12.2. The number of methoxy groups -OCH3 is 1. The maximum atomic E-state index is 12.2. The molecule has 1 aliphatic rings. The average molecular weight is 263 g/mol. The van der Waals surface area contributed by atoms with Crippen LogP contribution in [0.25, 0.3) is 0 Å². The molecule has 1 rings (SSSR count). The number of hydrogen-bond acceptors (Lipinski definition) is 4. The predicted molar refractivity (Wildman–Crippen MR) is 66.1 cm³/mol. The molecule has 6 heteroatoms. The van der Waals surface area contributed by atoms with Crippen LogP contribution in [0.2, 0.25) is 0 Å². The van der Waals surface area contributed by atoms with Gasteiger partial charge in [0.1, 0.15) is 5.54 Å². The van der Waals surface area contributed by atoms with E-state index in [4.69, 9.17) is 9.26 Å². The van der Waals surface area contributed by atoms with Gasteiger partial charge in [-0.25, -0.2) is 5.09 Å². The van der Waals surface area contributed by atoms with Crippen molar-refractivity contribution in [2.45, 2.75) is 44.6 Å². The Labute approximate surface area is 103 Å². The van der Waals surface area contributed by atoms with Crippen LogP contribution in [0.1, 0.15) is 39.0 Å². The molecule has 0 bridgehead atoms. The van der Waals surface area contributed by atoms with Gasteiger partial charge in [0.2, 0.25) is 0 Å². The van der Waals surface area contributed by atoms with Crippen LogP contribution in [0.5, 0.6) is 0 Å². The molecule has 1 fully saturated rings. The summed E-state index contributed by atoms with van der Waals surface area (Å²) in [6, 6.07) is 0. The van der Waals surface area contributed by atoms with Crippen molar-refractivity contribution in [2.75, 3.05) is 20.4 Å². The Morgan fingerprint density at radius 3 is 2.41 bits per heavy atom. The first kappa shape index (κ1) is 14.7. The minimum Gasteiger partial charge on any atom is -0.468 e. The maximum Gasteiger partial charge on any atom is 0.326 e. The molecule has 100 valence electrons. The molecule has 0 saturated heterocycles. The summed E-state index contributed by atoms with van der Waals surface area (Å²) in [6.45, 7) is 3.65. The fourth-order valence-electron chi connectivity index (χ4n) is 2.38. The predicted octanol–water partition coefficient (Wildman–Crippen LogP) is 2.31. The van der Waals surface area contributed by atoms with Gasteiger partial charge in [-0.15, -0.1) is 0 Å². The van der Waals surface area contributed by atoms with Gasteiger partial charge < -0.3 is 9.26 Å². The van der Waals surface area contributed by atoms with Crippen LogP contribution in [0.3, 0.4) is 0 Å². The van der Waals surface area contributed by atoms with E-state index in [0.29, 0.717) is 19.4 Å². The van der Waals surface area contributed by atoms with E-state index in [1.54, 1.807) is 6.92 Å². The minimum absolute atomic E-state index is 0.334. The van der Waals surface area contributed by atoms with E-state index in [9.17, 15) is 9.36 Å². The molecule has 5 nitrogen and oxygen atoms in total. The highest BCUT2D eigenvalue weighted by molar-refractivity contribution is 7.56. The first-order valence-electron chi connectivity index (χ1n) is 6.06. The van der Waals surface area contributed by atoms with Gasteiger partial charge in [0, 0.05) is 6.66 Å². The molecule has 1 atom stereocenters. The van der Waals surface area contributed by atoms with E-state index < -0.39 is 13.1 Å². The highest BCUT2D eigenvalue weighted by atomic mass is 31.2. The summed E-state index contributed by atoms with van der Waals surface area (Å²) in [7, 11) is -1.58. The summed E-state index contributed by atoms with van der Waals surface area (Å²) >= 11 is 0. The number of rotatable bonds is 5. The van der Waals surface area contributed by atoms with Crippen molar-refractivity contribution in [1.29, 1.82) is 0 Å². The van der Waals surface area contributed by atoms with E-state index in [1.165, 1.54) is 13.8 Å². The van der Waals surface area contributed by atoms with Crippen molar-refractivity contribution in [3.05, 3.63) is 0 Å². The van der Waals surface area contributed by atoms with Crippen LogP contribution in [0, 0.1) is 0 Å². The largest absolute Gasteiger partial charge is 0.468 e. The van der Waals surface area contributed by atoms with Crippen molar-refractivity contribution in [3.63, 3.8) is 0 Å². The van der Waals surface area contributed by atoms with Crippen molar-refractivity contribution in [3.8, 4) is 0 Å². The Balaban J connectivity index is 2.83. The third-order valence-electron chi connectivity index (χ3n) is 3.08. The molecular formula is C11H22NO4P. The summed E-state index contributed by atoms with van der Waals surface area (Å²) in [4.78, 5) is 11.9. The second-order valence-electron chi connectivity index (χ2n) is 4.51. The van der Waals surface area contributed by atoms with Crippen molar-refractivity contribution in [1.82, 2.24) is 5.09 Å². The first-order valence-corrected chi connectivity index (χ1v) is 8.13. The van der Waals surface area contributed by atoms with Gasteiger partial charge in [-0.2, -0.15) is 0 Å². The van der Waals surface area contributed by atoms with Crippen LogP contribution in [0.15, 0.2) is 0 Å². The van der Waals surface area contributed by atoms with Crippen LogP contribution in [-0.4, -0.2) is 31.9 Å². The van der Waals surface area contributed by atoms with Gasteiger partial charge in [0.25, 0.3) is 7.52 Å². The zero-order chi connectivity index (χ0) is 12.9. The second-order valence-corrected chi connectivity index (χ2v) is 6.68. The van der Waals surface area contributed by atoms with Crippen molar-refractivity contribution in [2.24, 2.45) is 0 Å². The molecule has 0 aromatic heterocycles. The van der Waals surface area contributed by atoms with E-state index in [2.05, 4.69) is 5.09 Å². The lowest BCUT2D eigenvalue weighted by Gasteiger charge is -2.37. The van der Waals surface area contributed by atoms with Gasteiger partial charge in [-0.05, 0) is 19.8 Å². The molecule has 1 saturated carbocycles. The SMILES string of the molecule is CCOP(C)(=O)NC1(C(=O)OC)CCCCC1. The van der Waals surface area contributed by atoms with Crippen LogP contribution in [0.4, 0.5) is 0 Å². The first-order chi connectivity index (χ1) is 7.96. The monoisotopic (exact) mass is 263 g/mol.